The molecular weight excluding hydrogens is 265 g/mol. The van der Waals surface area contributed by atoms with E-state index in [1.54, 1.807) is 12.3 Å². The van der Waals surface area contributed by atoms with Crippen LogP contribution in [0.4, 0.5) is 4.39 Å². The molecule has 8 heteroatoms. The molecule has 2 rings (SSSR count). The molecule has 0 bridgehead atoms. The number of halogens is 1. The lowest BCUT2D eigenvalue weighted by Gasteiger charge is -2.04. The first-order valence-corrected chi connectivity index (χ1v) is 5.86. The number of nitrogens with zero attached hydrogens (tertiary/aromatic N) is 3. The average molecular weight is 279 g/mol. The van der Waals surface area contributed by atoms with E-state index < -0.39 is 5.82 Å². The molecule has 0 aliphatic carbocycles. The minimum atomic E-state index is -0.488. The molecular formula is C12H14FN5O2. The number of benzene rings is 1. The van der Waals surface area contributed by atoms with Crippen molar-refractivity contribution in [2.24, 2.45) is 5.73 Å². The van der Waals surface area contributed by atoms with Gasteiger partial charge in [-0.3, -0.25) is 4.79 Å². The number of methoxy groups -OCH3 is 1. The molecule has 1 heterocycles. The first kappa shape index (κ1) is 13.9. The summed E-state index contributed by atoms with van der Waals surface area (Å²) in [5, 5.41) is 10.3. The summed E-state index contributed by atoms with van der Waals surface area (Å²) in [5.74, 6) is -0.613. The molecule has 106 valence electrons. The van der Waals surface area contributed by atoms with Crippen LogP contribution in [0.15, 0.2) is 24.4 Å². The number of aromatic nitrogens is 3. The Labute approximate surface area is 114 Å². The Balaban J connectivity index is 2.12. The van der Waals surface area contributed by atoms with Crippen LogP contribution in [0.1, 0.15) is 5.69 Å². The summed E-state index contributed by atoms with van der Waals surface area (Å²) < 4.78 is 19.8. The second-order valence-electron chi connectivity index (χ2n) is 3.95. The van der Waals surface area contributed by atoms with Gasteiger partial charge in [0.05, 0.1) is 32.1 Å². The van der Waals surface area contributed by atoms with Crippen molar-refractivity contribution in [1.29, 1.82) is 0 Å². The van der Waals surface area contributed by atoms with E-state index in [1.165, 1.54) is 23.9 Å². The van der Waals surface area contributed by atoms with Crippen LogP contribution in [0, 0.1) is 5.82 Å². The van der Waals surface area contributed by atoms with E-state index in [2.05, 4.69) is 15.6 Å². The molecule has 7 nitrogen and oxygen atoms in total. The van der Waals surface area contributed by atoms with Gasteiger partial charge in [0, 0.05) is 6.07 Å². The Hall–Kier alpha value is -2.48. The van der Waals surface area contributed by atoms with Gasteiger partial charge in [-0.15, -0.1) is 5.10 Å². The van der Waals surface area contributed by atoms with Gasteiger partial charge in [-0.2, -0.15) is 0 Å². The molecule has 1 amide bonds. The highest BCUT2D eigenvalue weighted by Crippen LogP contribution is 2.19. The normalized spacial score (nSPS) is 10.3. The maximum atomic E-state index is 13.6. The number of hydrogen-bond donors (Lipinski definition) is 2. The van der Waals surface area contributed by atoms with Gasteiger partial charge in [-0.25, -0.2) is 9.07 Å². The van der Waals surface area contributed by atoms with E-state index in [1.807, 2.05) is 0 Å². The Bertz CT molecular complexity index is 614. The van der Waals surface area contributed by atoms with Gasteiger partial charge in [0.1, 0.15) is 5.69 Å². The van der Waals surface area contributed by atoms with Crippen LogP contribution >= 0.6 is 0 Å². The van der Waals surface area contributed by atoms with Crippen molar-refractivity contribution in [3.05, 3.63) is 35.9 Å². The number of ether oxygens (including phenoxy) is 1. The number of nitrogens with one attached hydrogen (secondary N) is 1. The minimum Gasteiger partial charge on any atom is -0.494 e. The van der Waals surface area contributed by atoms with Gasteiger partial charge >= 0.3 is 0 Å². The quantitative estimate of drug-likeness (QED) is 0.802. The third-order valence-electron chi connectivity index (χ3n) is 2.59. The zero-order valence-corrected chi connectivity index (χ0v) is 10.8. The molecule has 0 spiro atoms. The van der Waals surface area contributed by atoms with Crippen LogP contribution in [0.3, 0.4) is 0 Å². The third kappa shape index (κ3) is 3.09. The van der Waals surface area contributed by atoms with E-state index in [0.29, 0.717) is 11.4 Å². The fourth-order valence-electron chi connectivity index (χ4n) is 1.56. The molecule has 3 N–H and O–H groups in total. The number of hydrogen-bond acceptors (Lipinski definition) is 5. The second kappa shape index (κ2) is 6.11. The molecule has 1 aromatic heterocycles. The summed E-state index contributed by atoms with van der Waals surface area (Å²) in [6.45, 7) is 0.131. The zero-order chi connectivity index (χ0) is 14.5. The standard InChI is InChI=1S/C12H14FN5O2/c1-20-11-3-2-9(4-10(11)13)18-7-8(16-17-18)6-15-12(19)5-14/h2-4,7H,5-6,14H2,1H3,(H,15,19). The van der Waals surface area contributed by atoms with E-state index in [4.69, 9.17) is 10.5 Å². The Morgan fingerprint density at radius 1 is 1.55 bits per heavy atom. The van der Waals surface area contributed by atoms with Crippen molar-refractivity contribution in [3.8, 4) is 11.4 Å². The average Bonchev–Trinajstić information content (AvgIpc) is 2.93. The van der Waals surface area contributed by atoms with Crippen LogP contribution in [0.2, 0.25) is 0 Å². The molecule has 20 heavy (non-hydrogen) atoms. The number of nitrogens with two attached hydrogens (primary N) is 1. The van der Waals surface area contributed by atoms with Gasteiger partial charge in [-0.1, -0.05) is 5.21 Å². The summed E-state index contributed by atoms with van der Waals surface area (Å²) in [6.07, 6.45) is 1.60. The fraction of sp³-hybridized carbons (Fsp3) is 0.250. The van der Waals surface area contributed by atoms with Gasteiger partial charge in [0.2, 0.25) is 5.91 Å². The molecule has 0 saturated carbocycles. The molecule has 0 aliphatic heterocycles. The lowest BCUT2D eigenvalue weighted by Crippen LogP contribution is -2.29. The monoisotopic (exact) mass is 279 g/mol. The summed E-state index contributed by atoms with van der Waals surface area (Å²) in [5.41, 5.74) is 6.22. The Morgan fingerprint density at radius 3 is 3.00 bits per heavy atom. The second-order valence-corrected chi connectivity index (χ2v) is 3.95. The topological polar surface area (TPSA) is 95.1 Å². The minimum absolute atomic E-state index is 0.0855. The van der Waals surface area contributed by atoms with Crippen molar-refractivity contribution < 1.29 is 13.9 Å². The highest BCUT2D eigenvalue weighted by atomic mass is 19.1. The maximum absolute atomic E-state index is 13.6. The van der Waals surface area contributed by atoms with E-state index in [-0.39, 0.29) is 24.7 Å². The number of carbonyl (C=O) groups excluding carboxylic acids is 1. The largest absolute Gasteiger partial charge is 0.494 e. The zero-order valence-electron chi connectivity index (χ0n) is 10.8. The maximum Gasteiger partial charge on any atom is 0.234 e. The molecule has 0 fully saturated rings. The van der Waals surface area contributed by atoms with Crippen LogP contribution in [0.5, 0.6) is 5.75 Å². The summed E-state index contributed by atoms with van der Waals surface area (Å²) in [4.78, 5) is 11.0. The van der Waals surface area contributed by atoms with Gasteiger partial charge < -0.3 is 15.8 Å². The van der Waals surface area contributed by atoms with Crippen molar-refractivity contribution in [1.82, 2.24) is 20.3 Å². The van der Waals surface area contributed by atoms with Crippen LogP contribution in [-0.4, -0.2) is 34.6 Å². The third-order valence-corrected chi connectivity index (χ3v) is 2.59. The SMILES string of the molecule is COc1ccc(-n2cc(CNC(=O)CN)nn2)cc1F. The van der Waals surface area contributed by atoms with E-state index in [0.717, 1.165) is 0 Å². The lowest BCUT2D eigenvalue weighted by atomic mass is 10.3. The number of carbonyl (C=O) groups is 1. The van der Waals surface area contributed by atoms with Crippen LogP contribution in [0.25, 0.3) is 5.69 Å². The highest BCUT2D eigenvalue weighted by Gasteiger charge is 2.08. The molecule has 0 radical (unpaired) electrons. The summed E-state index contributed by atoms with van der Waals surface area (Å²) in [7, 11) is 1.39. The van der Waals surface area contributed by atoms with Crippen molar-refractivity contribution in [2.45, 2.75) is 6.54 Å². The van der Waals surface area contributed by atoms with Gasteiger partial charge in [0.25, 0.3) is 0 Å². The lowest BCUT2D eigenvalue weighted by molar-refractivity contribution is -0.119. The predicted molar refractivity (Wildman–Crippen MR) is 68.8 cm³/mol. The van der Waals surface area contributed by atoms with Crippen molar-refractivity contribution >= 4 is 5.91 Å². The first-order chi connectivity index (χ1) is 9.63. The molecule has 1 aromatic carbocycles. The molecule has 0 aliphatic rings. The summed E-state index contributed by atoms with van der Waals surface area (Å²) in [6, 6.07) is 4.44. The molecule has 0 atom stereocenters. The van der Waals surface area contributed by atoms with Gasteiger partial charge in [-0.05, 0) is 12.1 Å². The molecule has 0 saturated heterocycles. The van der Waals surface area contributed by atoms with Crippen LogP contribution in [-0.2, 0) is 11.3 Å². The molecule has 2 aromatic rings. The number of rotatable bonds is 5. The van der Waals surface area contributed by atoms with Crippen molar-refractivity contribution in [3.63, 3.8) is 0 Å². The van der Waals surface area contributed by atoms with Crippen LogP contribution < -0.4 is 15.8 Å². The van der Waals surface area contributed by atoms with Crippen molar-refractivity contribution in [2.75, 3.05) is 13.7 Å². The number of amides is 1. The fourth-order valence-corrected chi connectivity index (χ4v) is 1.56. The Kier molecular flexibility index (Phi) is 4.26. The van der Waals surface area contributed by atoms with E-state index >= 15 is 0 Å². The highest BCUT2D eigenvalue weighted by molar-refractivity contribution is 5.77. The molecule has 0 unspecified atom stereocenters. The summed E-state index contributed by atoms with van der Waals surface area (Å²) >= 11 is 0. The Morgan fingerprint density at radius 2 is 2.35 bits per heavy atom. The van der Waals surface area contributed by atoms with Gasteiger partial charge in [0.15, 0.2) is 11.6 Å². The first-order valence-electron chi connectivity index (χ1n) is 5.86. The predicted octanol–water partition coefficient (Wildman–Crippen LogP) is -0.0101. The van der Waals surface area contributed by atoms with E-state index in [9.17, 15) is 9.18 Å². The smallest absolute Gasteiger partial charge is 0.234 e.